The fourth-order valence-corrected chi connectivity index (χ4v) is 3.14. The molecule has 2 aromatic heterocycles. The van der Waals surface area contributed by atoms with Crippen molar-refractivity contribution in [3.05, 3.63) is 58.4 Å². The zero-order chi connectivity index (χ0) is 16.4. The lowest BCUT2D eigenvalue weighted by Crippen LogP contribution is -2.05. The predicted octanol–water partition coefficient (Wildman–Crippen LogP) is 5.75. The monoisotopic (exact) mass is 363 g/mol. The van der Waals surface area contributed by atoms with Crippen molar-refractivity contribution in [3.8, 4) is 0 Å². The van der Waals surface area contributed by atoms with Gasteiger partial charge in [0.05, 0.1) is 5.52 Å². The fraction of sp³-hybridized carbons (Fsp3) is 0.316. The molecule has 2 heterocycles. The molecule has 0 bridgehead atoms. The van der Waals surface area contributed by atoms with Crippen LogP contribution in [-0.4, -0.2) is 9.55 Å². The Labute approximate surface area is 154 Å². The number of pyridine rings is 1. The maximum atomic E-state index is 5.95. The van der Waals surface area contributed by atoms with E-state index in [1.54, 1.807) is 0 Å². The standard InChI is InChI=1S/C19H22ClN3.ClH/c1-4-11-23-14(3)13(2)17-9-10-21-19(18(17)23)22-12-15-5-7-16(20)8-6-15;/h5-10H,4,11-12H2,1-3H3,(H,21,22);1H. The maximum Gasteiger partial charge on any atom is 0.150 e. The maximum absolute atomic E-state index is 5.95. The number of nitrogens with one attached hydrogen (secondary N) is 1. The lowest BCUT2D eigenvalue weighted by atomic mass is 10.2. The molecule has 0 amide bonds. The molecule has 0 fully saturated rings. The van der Waals surface area contributed by atoms with Gasteiger partial charge in [-0.3, -0.25) is 0 Å². The molecule has 3 rings (SSSR count). The molecule has 0 aliphatic heterocycles. The second kappa shape index (κ2) is 7.91. The number of fused-ring (bicyclic) bond motifs is 1. The number of benzene rings is 1. The highest BCUT2D eigenvalue weighted by atomic mass is 35.5. The van der Waals surface area contributed by atoms with Crippen molar-refractivity contribution in [3.63, 3.8) is 0 Å². The summed E-state index contributed by atoms with van der Waals surface area (Å²) in [7, 11) is 0. The summed E-state index contributed by atoms with van der Waals surface area (Å²) in [5.41, 5.74) is 5.06. The van der Waals surface area contributed by atoms with Crippen LogP contribution in [0.5, 0.6) is 0 Å². The molecule has 1 N–H and O–H groups in total. The van der Waals surface area contributed by atoms with E-state index < -0.39 is 0 Å². The number of nitrogens with zero attached hydrogens (tertiary/aromatic N) is 2. The highest BCUT2D eigenvalue weighted by Gasteiger charge is 2.14. The third kappa shape index (κ3) is 3.52. The minimum Gasteiger partial charge on any atom is -0.364 e. The summed E-state index contributed by atoms with van der Waals surface area (Å²) in [5, 5.41) is 5.53. The topological polar surface area (TPSA) is 29.9 Å². The van der Waals surface area contributed by atoms with Crippen LogP contribution >= 0.6 is 24.0 Å². The van der Waals surface area contributed by atoms with Crippen LogP contribution in [0.1, 0.15) is 30.2 Å². The Kier molecular flexibility index (Phi) is 6.14. The largest absolute Gasteiger partial charge is 0.364 e. The van der Waals surface area contributed by atoms with E-state index in [0.717, 1.165) is 30.4 Å². The van der Waals surface area contributed by atoms with Crippen molar-refractivity contribution in [1.82, 2.24) is 9.55 Å². The van der Waals surface area contributed by atoms with Crippen LogP contribution in [0.15, 0.2) is 36.5 Å². The van der Waals surface area contributed by atoms with E-state index in [2.05, 4.69) is 41.7 Å². The van der Waals surface area contributed by atoms with Crippen molar-refractivity contribution < 1.29 is 0 Å². The van der Waals surface area contributed by atoms with Gasteiger partial charge in [0, 0.05) is 35.4 Å². The number of aromatic nitrogens is 2. The van der Waals surface area contributed by atoms with Crippen LogP contribution in [0.3, 0.4) is 0 Å². The fourth-order valence-electron chi connectivity index (χ4n) is 3.02. The molecular formula is C19H23Cl2N3. The van der Waals surface area contributed by atoms with E-state index in [4.69, 9.17) is 11.6 Å². The summed E-state index contributed by atoms with van der Waals surface area (Å²) in [6, 6.07) is 10.0. The van der Waals surface area contributed by atoms with Crippen molar-refractivity contribution in [2.45, 2.75) is 40.3 Å². The van der Waals surface area contributed by atoms with E-state index in [1.807, 2.05) is 30.5 Å². The van der Waals surface area contributed by atoms with Gasteiger partial charge in [0.1, 0.15) is 0 Å². The van der Waals surface area contributed by atoms with Crippen molar-refractivity contribution in [2.24, 2.45) is 0 Å². The smallest absolute Gasteiger partial charge is 0.150 e. The molecule has 0 aliphatic rings. The summed E-state index contributed by atoms with van der Waals surface area (Å²) in [4.78, 5) is 4.58. The molecule has 0 saturated carbocycles. The Morgan fingerprint density at radius 1 is 1.12 bits per heavy atom. The van der Waals surface area contributed by atoms with Gasteiger partial charge in [-0.05, 0) is 49.6 Å². The molecule has 0 unspecified atom stereocenters. The summed E-state index contributed by atoms with van der Waals surface area (Å²) in [6.45, 7) is 8.33. The minimum atomic E-state index is 0. The molecule has 5 heteroatoms. The van der Waals surface area contributed by atoms with Crippen LogP contribution in [0, 0.1) is 13.8 Å². The van der Waals surface area contributed by atoms with E-state index in [1.165, 1.54) is 27.7 Å². The number of halogens is 2. The SMILES string of the molecule is CCCn1c(C)c(C)c2ccnc(NCc3ccc(Cl)cc3)c21.Cl. The first-order valence-electron chi connectivity index (χ1n) is 8.04. The van der Waals surface area contributed by atoms with Gasteiger partial charge in [0.2, 0.25) is 0 Å². The first-order valence-corrected chi connectivity index (χ1v) is 8.42. The van der Waals surface area contributed by atoms with Crippen LogP contribution < -0.4 is 5.32 Å². The lowest BCUT2D eigenvalue weighted by Gasteiger charge is -2.11. The summed E-state index contributed by atoms with van der Waals surface area (Å²) < 4.78 is 2.38. The summed E-state index contributed by atoms with van der Waals surface area (Å²) >= 11 is 5.95. The highest BCUT2D eigenvalue weighted by molar-refractivity contribution is 6.30. The van der Waals surface area contributed by atoms with E-state index >= 15 is 0 Å². The number of anilines is 1. The molecule has 24 heavy (non-hydrogen) atoms. The molecule has 3 aromatic rings. The number of rotatable bonds is 5. The van der Waals surface area contributed by atoms with Crippen molar-refractivity contribution >= 4 is 40.7 Å². The van der Waals surface area contributed by atoms with E-state index in [9.17, 15) is 0 Å². The molecule has 0 radical (unpaired) electrons. The van der Waals surface area contributed by atoms with Gasteiger partial charge in [0.25, 0.3) is 0 Å². The Bertz CT molecular complexity index is 823. The molecular weight excluding hydrogens is 341 g/mol. The zero-order valence-electron chi connectivity index (χ0n) is 14.3. The quantitative estimate of drug-likeness (QED) is 0.625. The van der Waals surface area contributed by atoms with Crippen molar-refractivity contribution in [2.75, 3.05) is 5.32 Å². The second-order valence-corrected chi connectivity index (χ2v) is 6.33. The number of hydrogen-bond acceptors (Lipinski definition) is 2. The van der Waals surface area contributed by atoms with Gasteiger partial charge in [-0.1, -0.05) is 30.7 Å². The summed E-state index contributed by atoms with van der Waals surface area (Å²) in [5.74, 6) is 0.946. The first kappa shape index (κ1) is 18.6. The zero-order valence-corrected chi connectivity index (χ0v) is 15.8. The molecule has 0 spiro atoms. The van der Waals surface area contributed by atoms with E-state index in [0.29, 0.717) is 0 Å². The Hall–Kier alpha value is -1.71. The molecule has 128 valence electrons. The molecule has 0 saturated heterocycles. The Balaban J connectivity index is 0.00000208. The number of hydrogen-bond donors (Lipinski definition) is 1. The minimum absolute atomic E-state index is 0. The predicted molar refractivity (Wildman–Crippen MR) is 106 cm³/mol. The van der Waals surface area contributed by atoms with E-state index in [-0.39, 0.29) is 12.4 Å². The normalized spacial score (nSPS) is 10.7. The second-order valence-electron chi connectivity index (χ2n) is 5.90. The summed E-state index contributed by atoms with van der Waals surface area (Å²) in [6.07, 6.45) is 2.99. The Morgan fingerprint density at radius 3 is 2.50 bits per heavy atom. The van der Waals surface area contributed by atoms with Gasteiger partial charge in [-0.2, -0.15) is 0 Å². The van der Waals surface area contributed by atoms with Gasteiger partial charge in [0.15, 0.2) is 5.82 Å². The van der Waals surface area contributed by atoms with Gasteiger partial charge in [-0.15, -0.1) is 12.4 Å². The third-order valence-corrected chi connectivity index (χ3v) is 4.62. The van der Waals surface area contributed by atoms with Gasteiger partial charge < -0.3 is 9.88 Å². The van der Waals surface area contributed by atoms with Crippen LogP contribution in [0.4, 0.5) is 5.82 Å². The van der Waals surface area contributed by atoms with Gasteiger partial charge in [-0.25, -0.2) is 4.98 Å². The van der Waals surface area contributed by atoms with Crippen LogP contribution in [0.25, 0.3) is 10.9 Å². The first-order chi connectivity index (χ1) is 11.1. The van der Waals surface area contributed by atoms with Crippen LogP contribution in [-0.2, 0) is 13.1 Å². The average Bonchev–Trinajstić information content (AvgIpc) is 2.80. The van der Waals surface area contributed by atoms with Gasteiger partial charge >= 0.3 is 0 Å². The highest BCUT2D eigenvalue weighted by Crippen LogP contribution is 2.30. The molecule has 1 aromatic carbocycles. The molecule has 3 nitrogen and oxygen atoms in total. The molecule has 0 aliphatic carbocycles. The number of aryl methyl sites for hydroxylation is 2. The van der Waals surface area contributed by atoms with Crippen LogP contribution in [0.2, 0.25) is 5.02 Å². The Morgan fingerprint density at radius 2 is 1.83 bits per heavy atom. The van der Waals surface area contributed by atoms with Crippen molar-refractivity contribution in [1.29, 1.82) is 0 Å². The third-order valence-electron chi connectivity index (χ3n) is 4.37. The lowest BCUT2D eigenvalue weighted by molar-refractivity contribution is 0.683. The average molecular weight is 364 g/mol. The molecule has 0 atom stereocenters.